The largest absolute Gasteiger partial charge is 0.508 e. The molecular weight excluding hydrogens is 346 g/mol. The van der Waals surface area contributed by atoms with E-state index in [9.17, 15) is 19.8 Å². The predicted molar refractivity (Wildman–Crippen MR) is 99.4 cm³/mol. The number of phenolic OH excluding ortho intramolecular Hbond substituents is 1. The SMILES string of the molecule is [C-]#[N+]c1ccc(C(=O)O)c(-c2c3ccc(=O)cc-3oc3cc(O)ccc23)c1. The molecule has 2 aromatic rings. The molecular formula is C21H11NO5. The van der Waals surface area contributed by atoms with E-state index in [1.807, 2.05) is 0 Å². The number of fused-ring (bicyclic) bond motifs is 2. The number of aromatic hydroxyl groups is 1. The van der Waals surface area contributed by atoms with Crippen LogP contribution in [0, 0.1) is 6.57 Å². The molecule has 6 nitrogen and oxygen atoms in total. The third kappa shape index (κ3) is 2.68. The first-order valence-corrected chi connectivity index (χ1v) is 7.93. The van der Waals surface area contributed by atoms with E-state index in [0.29, 0.717) is 27.7 Å². The average molecular weight is 357 g/mol. The van der Waals surface area contributed by atoms with Gasteiger partial charge in [0.2, 0.25) is 0 Å². The van der Waals surface area contributed by atoms with E-state index in [0.717, 1.165) is 0 Å². The minimum absolute atomic E-state index is 0.0236. The summed E-state index contributed by atoms with van der Waals surface area (Å²) in [6.45, 7) is 7.25. The second kappa shape index (κ2) is 6.00. The zero-order valence-electron chi connectivity index (χ0n) is 13.8. The molecule has 0 spiro atoms. The van der Waals surface area contributed by atoms with Crippen molar-refractivity contribution in [3.63, 3.8) is 0 Å². The molecule has 0 amide bonds. The van der Waals surface area contributed by atoms with Crippen molar-refractivity contribution in [2.24, 2.45) is 0 Å². The molecule has 2 aromatic carbocycles. The van der Waals surface area contributed by atoms with Gasteiger partial charge in [0.25, 0.3) is 0 Å². The van der Waals surface area contributed by atoms with Gasteiger partial charge in [-0.05, 0) is 35.9 Å². The minimum Gasteiger partial charge on any atom is -0.508 e. The Hall–Kier alpha value is -4.11. The highest BCUT2D eigenvalue weighted by Gasteiger charge is 2.22. The lowest BCUT2D eigenvalue weighted by atomic mass is 9.90. The van der Waals surface area contributed by atoms with Crippen LogP contribution in [-0.2, 0) is 0 Å². The Balaban J connectivity index is 2.23. The van der Waals surface area contributed by atoms with Gasteiger partial charge < -0.3 is 14.6 Å². The van der Waals surface area contributed by atoms with E-state index in [1.165, 1.54) is 42.5 Å². The molecule has 1 heterocycles. The van der Waals surface area contributed by atoms with Crippen molar-refractivity contribution in [1.29, 1.82) is 0 Å². The van der Waals surface area contributed by atoms with Crippen LogP contribution in [0.2, 0.25) is 0 Å². The lowest BCUT2D eigenvalue weighted by Gasteiger charge is -2.17. The fourth-order valence-electron chi connectivity index (χ4n) is 3.14. The number of hydrogen-bond donors (Lipinski definition) is 2. The number of phenols is 1. The summed E-state index contributed by atoms with van der Waals surface area (Å²) in [6, 6.07) is 13.1. The van der Waals surface area contributed by atoms with Gasteiger partial charge in [0.05, 0.1) is 12.1 Å². The van der Waals surface area contributed by atoms with Gasteiger partial charge in [0.1, 0.15) is 17.1 Å². The third-order valence-electron chi connectivity index (χ3n) is 4.31. The van der Waals surface area contributed by atoms with Crippen LogP contribution in [0.4, 0.5) is 5.69 Å². The lowest BCUT2D eigenvalue weighted by Crippen LogP contribution is -2.03. The molecule has 0 bridgehead atoms. The van der Waals surface area contributed by atoms with Gasteiger partial charge in [-0.2, -0.15) is 0 Å². The van der Waals surface area contributed by atoms with Gasteiger partial charge in [0, 0.05) is 28.6 Å². The molecule has 6 heteroatoms. The summed E-state index contributed by atoms with van der Waals surface area (Å²) in [4.78, 5) is 26.9. The van der Waals surface area contributed by atoms with Gasteiger partial charge in [-0.25, -0.2) is 9.64 Å². The number of aromatic carboxylic acids is 1. The van der Waals surface area contributed by atoms with E-state index in [-0.39, 0.29) is 28.2 Å². The number of benzene rings is 3. The molecule has 0 unspecified atom stereocenters. The summed E-state index contributed by atoms with van der Waals surface area (Å²) in [5.74, 6) is -0.897. The first-order chi connectivity index (χ1) is 13.0. The summed E-state index contributed by atoms with van der Waals surface area (Å²) in [5, 5.41) is 20.0. The van der Waals surface area contributed by atoms with E-state index < -0.39 is 5.97 Å². The maximum absolute atomic E-state index is 11.8. The molecule has 4 rings (SSSR count). The van der Waals surface area contributed by atoms with Gasteiger partial charge in [0.15, 0.2) is 11.1 Å². The Bertz CT molecular complexity index is 1300. The number of hydrogen-bond acceptors (Lipinski definition) is 4. The van der Waals surface area contributed by atoms with Crippen molar-refractivity contribution in [2.75, 3.05) is 0 Å². The highest BCUT2D eigenvalue weighted by atomic mass is 16.4. The zero-order valence-corrected chi connectivity index (χ0v) is 13.8. The topological polar surface area (TPSA) is 92.1 Å². The standard InChI is InChI=1S/C21H11NO5/c1-22-11-2-5-14(21(25)26)17(8-11)20-15-6-3-12(23)9-18(15)27-19-10-13(24)4-7-16(19)20/h2-10,23H,(H,25,26). The summed E-state index contributed by atoms with van der Waals surface area (Å²) < 4.78 is 5.76. The second-order valence-corrected chi connectivity index (χ2v) is 5.96. The van der Waals surface area contributed by atoms with Crippen LogP contribution in [0.3, 0.4) is 0 Å². The van der Waals surface area contributed by atoms with Crippen LogP contribution < -0.4 is 5.43 Å². The minimum atomic E-state index is -1.14. The predicted octanol–water partition coefficient (Wildman–Crippen LogP) is 4.52. The fraction of sp³-hybridized carbons (Fsp3) is 0. The molecule has 0 saturated carbocycles. The summed E-state index contributed by atoms with van der Waals surface area (Å²) in [7, 11) is 0. The van der Waals surface area contributed by atoms with E-state index in [2.05, 4.69) is 4.85 Å². The Kier molecular flexibility index (Phi) is 3.64. The van der Waals surface area contributed by atoms with E-state index in [1.54, 1.807) is 12.1 Å². The van der Waals surface area contributed by atoms with Crippen molar-refractivity contribution >= 4 is 22.6 Å². The number of rotatable bonds is 2. The first kappa shape index (κ1) is 16.4. The number of carboxylic acid groups (broad SMARTS) is 1. The van der Waals surface area contributed by atoms with Gasteiger partial charge >= 0.3 is 5.97 Å². The van der Waals surface area contributed by atoms with Crippen molar-refractivity contribution in [1.82, 2.24) is 0 Å². The maximum Gasteiger partial charge on any atom is 0.336 e. The number of carbonyl (C=O) groups is 1. The molecule has 1 aliphatic carbocycles. The van der Waals surface area contributed by atoms with Crippen LogP contribution in [-0.4, -0.2) is 16.2 Å². The Morgan fingerprint density at radius 3 is 2.56 bits per heavy atom. The molecule has 1 aliphatic heterocycles. The molecule has 130 valence electrons. The molecule has 0 fully saturated rings. The van der Waals surface area contributed by atoms with Crippen LogP contribution in [0.15, 0.2) is 63.8 Å². The van der Waals surface area contributed by atoms with E-state index >= 15 is 0 Å². The Labute approximate surface area is 152 Å². The van der Waals surface area contributed by atoms with Crippen LogP contribution in [0.1, 0.15) is 10.4 Å². The molecule has 0 atom stereocenters. The van der Waals surface area contributed by atoms with Gasteiger partial charge in [-0.3, -0.25) is 4.79 Å². The molecule has 0 aromatic heterocycles. The van der Waals surface area contributed by atoms with Crippen molar-refractivity contribution < 1.29 is 19.4 Å². The monoisotopic (exact) mass is 357 g/mol. The third-order valence-corrected chi connectivity index (χ3v) is 4.31. The first-order valence-electron chi connectivity index (χ1n) is 7.93. The van der Waals surface area contributed by atoms with E-state index in [4.69, 9.17) is 11.0 Å². The Morgan fingerprint density at radius 2 is 1.81 bits per heavy atom. The van der Waals surface area contributed by atoms with Crippen LogP contribution in [0.5, 0.6) is 5.75 Å². The molecule has 27 heavy (non-hydrogen) atoms. The van der Waals surface area contributed by atoms with Crippen molar-refractivity contribution in [2.45, 2.75) is 0 Å². The number of nitrogens with zero attached hydrogens (tertiary/aromatic N) is 1. The quantitative estimate of drug-likeness (QED) is 0.406. The summed E-state index contributed by atoms with van der Waals surface area (Å²) in [6.07, 6.45) is 0. The second-order valence-electron chi connectivity index (χ2n) is 5.96. The molecule has 2 aliphatic rings. The average Bonchev–Trinajstić information content (AvgIpc) is 2.65. The molecule has 2 N–H and O–H groups in total. The van der Waals surface area contributed by atoms with Crippen molar-refractivity contribution in [3.05, 3.63) is 81.8 Å². The highest BCUT2D eigenvalue weighted by molar-refractivity contribution is 6.08. The highest BCUT2D eigenvalue weighted by Crippen LogP contribution is 2.42. The Morgan fingerprint density at radius 1 is 1.00 bits per heavy atom. The van der Waals surface area contributed by atoms with Gasteiger partial charge in [-0.1, -0.05) is 12.1 Å². The van der Waals surface area contributed by atoms with Crippen molar-refractivity contribution in [3.8, 4) is 28.2 Å². The molecule has 0 radical (unpaired) electrons. The molecule has 0 saturated heterocycles. The normalized spacial score (nSPS) is 10.8. The summed E-state index contributed by atoms with van der Waals surface area (Å²) in [5.41, 5.74) is 1.75. The zero-order chi connectivity index (χ0) is 19.1. The van der Waals surface area contributed by atoms with Gasteiger partial charge in [-0.15, -0.1) is 0 Å². The lowest BCUT2D eigenvalue weighted by molar-refractivity contribution is 0.0698. The van der Waals surface area contributed by atoms with Crippen LogP contribution >= 0.6 is 0 Å². The van der Waals surface area contributed by atoms with Crippen LogP contribution in [0.25, 0.3) is 38.3 Å². The summed E-state index contributed by atoms with van der Waals surface area (Å²) >= 11 is 0. The number of carboxylic acids is 1. The fourth-order valence-corrected chi connectivity index (χ4v) is 3.14. The smallest absolute Gasteiger partial charge is 0.336 e. The maximum atomic E-state index is 11.8.